The number of carbonyl (C=O) groups excluding carboxylic acids is 1. The first-order valence-electron chi connectivity index (χ1n) is 12.9. The number of likely N-dealkylation sites (N-methyl/N-ethyl adjacent to an activating group) is 1. The van der Waals surface area contributed by atoms with Crippen molar-refractivity contribution >= 4 is 40.1 Å². The van der Waals surface area contributed by atoms with Crippen LogP contribution in [-0.4, -0.2) is 47.4 Å². The van der Waals surface area contributed by atoms with Gasteiger partial charge >= 0.3 is 0 Å². The van der Waals surface area contributed by atoms with Crippen LogP contribution in [0.5, 0.6) is 5.88 Å². The number of hydrogen-bond donors (Lipinski definition) is 2. The van der Waals surface area contributed by atoms with E-state index in [0.29, 0.717) is 52.7 Å². The quantitative estimate of drug-likeness (QED) is 0.276. The summed E-state index contributed by atoms with van der Waals surface area (Å²) in [5.74, 6) is 0.215. The smallest absolute Gasteiger partial charge is 0.238 e. The highest BCUT2D eigenvalue weighted by atomic mass is 32.2. The van der Waals surface area contributed by atoms with Gasteiger partial charge in [-0.25, -0.2) is 9.37 Å². The molecule has 1 spiro atoms. The third-order valence-electron chi connectivity index (χ3n) is 7.16. The van der Waals surface area contributed by atoms with Crippen molar-refractivity contribution in [1.29, 1.82) is 0 Å². The Kier molecular flexibility index (Phi) is 7.02. The molecule has 0 bridgehead atoms. The second-order valence-electron chi connectivity index (χ2n) is 10.5. The summed E-state index contributed by atoms with van der Waals surface area (Å²) >= 11 is 1.55. The van der Waals surface area contributed by atoms with Crippen molar-refractivity contribution in [3.05, 3.63) is 42.0 Å². The maximum atomic E-state index is 15.5. The van der Waals surface area contributed by atoms with E-state index in [2.05, 4.69) is 47.7 Å². The Morgan fingerprint density at radius 2 is 1.95 bits per heavy atom. The van der Waals surface area contributed by atoms with Crippen LogP contribution >= 0.6 is 11.9 Å². The Labute approximate surface area is 221 Å². The number of aromatic nitrogens is 2. The molecule has 5 rings (SSSR count). The number of halogens is 1. The minimum absolute atomic E-state index is 0.112. The Balaban J connectivity index is 1.55. The van der Waals surface area contributed by atoms with E-state index in [0.717, 1.165) is 35.9 Å². The lowest BCUT2D eigenvalue weighted by atomic mass is 9.64. The van der Waals surface area contributed by atoms with Gasteiger partial charge in [-0.15, -0.1) is 0 Å². The number of benzene rings is 1. The molecule has 37 heavy (non-hydrogen) atoms. The number of nitrogens with zero attached hydrogens (tertiary/aromatic N) is 3. The molecule has 0 saturated heterocycles. The molecule has 1 aliphatic heterocycles. The topological polar surface area (TPSA) is 79.4 Å². The van der Waals surface area contributed by atoms with Gasteiger partial charge in [-0.3, -0.25) is 9.78 Å². The number of ether oxygens (including phenoxy) is 1. The molecule has 1 saturated carbocycles. The Hall–Kier alpha value is -2.91. The van der Waals surface area contributed by atoms with Gasteiger partial charge in [0, 0.05) is 59.2 Å². The summed E-state index contributed by atoms with van der Waals surface area (Å²) in [6.45, 7) is 9.52. The molecule has 9 heteroatoms. The van der Waals surface area contributed by atoms with Crippen LogP contribution < -0.4 is 19.7 Å². The van der Waals surface area contributed by atoms with Crippen LogP contribution in [0, 0.1) is 5.82 Å². The summed E-state index contributed by atoms with van der Waals surface area (Å²) in [5.41, 5.74) is 3.62. The van der Waals surface area contributed by atoms with Gasteiger partial charge in [-0.2, -0.15) is 0 Å². The van der Waals surface area contributed by atoms with Crippen molar-refractivity contribution in [3.8, 4) is 17.0 Å². The van der Waals surface area contributed by atoms with Crippen LogP contribution in [0.3, 0.4) is 0 Å². The molecule has 1 amide bonds. The third kappa shape index (κ3) is 4.63. The first-order valence-corrected chi connectivity index (χ1v) is 13.8. The van der Waals surface area contributed by atoms with Crippen LogP contribution in [0.4, 0.5) is 15.8 Å². The van der Waals surface area contributed by atoms with Gasteiger partial charge in [0.1, 0.15) is 18.1 Å². The third-order valence-corrected chi connectivity index (χ3v) is 7.97. The molecular formula is C28H34FN5O2S. The zero-order valence-corrected chi connectivity index (χ0v) is 22.8. The highest BCUT2D eigenvalue weighted by Crippen LogP contribution is 2.55. The standard InChI is InChI=1S/C28H34FN5O2S/c1-16(2)30-9-10-36-26-23(33-37-17(3)4)11-18(14-32-26)19-12-20-22(13-21(19)29)31-15-24-25(20)28(7-6-8-28)27(35)34(24)5/h11-17,30,33H,6-10H2,1-5H3. The number of pyridine rings is 2. The van der Waals surface area contributed by atoms with Crippen molar-refractivity contribution < 1.29 is 13.9 Å². The molecule has 196 valence electrons. The Bertz CT molecular complexity index is 1340. The second kappa shape index (κ2) is 10.1. The fourth-order valence-electron chi connectivity index (χ4n) is 5.18. The number of amides is 1. The van der Waals surface area contributed by atoms with E-state index in [1.807, 2.05) is 12.1 Å². The predicted octanol–water partition coefficient (Wildman–Crippen LogP) is 5.68. The molecule has 3 heterocycles. The molecule has 0 unspecified atom stereocenters. The first kappa shape index (κ1) is 25.7. The average Bonchev–Trinajstić information content (AvgIpc) is 3.07. The predicted molar refractivity (Wildman–Crippen MR) is 149 cm³/mol. The van der Waals surface area contributed by atoms with Crippen molar-refractivity contribution in [2.45, 2.75) is 63.7 Å². The van der Waals surface area contributed by atoms with E-state index >= 15 is 4.39 Å². The lowest BCUT2D eigenvalue weighted by Gasteiger charge is -2.37. The maximum Gasteiger partial charge on any atom is 0.238 e. The summed E-state index contributed by atoms with van der Waals surface area (Å²) in [6.07, 6.45) is 5.99. The van der Waals surface area contributed by atoms with Gasteiger partial charge in [0.05, 0.1) is 22.8 Å². The van der Waals surface area contributed by atoms with Gasteiger partial charge in [0.15, 0.2) is 0 Å². The lowest BCUT2D eigenvalue weighted by Crippen LogP contribution is -2.43. The largest absolute Gasteiger partial charge is 0.475 e. The molecule has 2 aliphatic rings. The molecule has 3 aromatic rings. The Morgan fingerprint density at radius 1 is 1.16 bits per heavy atom. The fraction of sp³-hybridized carbons (Fsp3) is 0.464. The summed E-state index contributed by atoms with van der Waals surface area (Å²) in [6, 6.07) is 5.56. The number of anilines is 2. The highest BCUT2D eigenvalue weighted by Gasteiger charge is 2.54. The second-order valence-corrected chi connectivity index (χ2v) is 11.9. The first-order chi connectivity index (χ1) is 17.7. The van der Waals surface area contributed by atoms with Crippen LogP contribution in [0.25, 0.3) is 22.0 Å². The molecule has 0 radical (unpaired) electrons. The van der Waals surface area contributed by atoms with E-state index in [9.17, 15) is 4.79 Å². The molecule has 0 atom stereocenters. The van der Waals surface area contributed by atoms with Crippen LogP contribution in [0.2, 0.25) is 0 Å². The van der Waals surface area contributed by atoms with E-state index in [1.165, 1.54) is 6.07 Å². The number of rotatable bonds is 9. The number of hydrogen-bond acceptors (Lipinski definition) is 7. The SMILES string of the molecule is CC(C)NCCOc1ncc(-c2cc3c4c(cnc3cc2F)N(C)C(=O)C42CCC2)cc1NSC(C)C. The molecule has 1 aromatic carbocycles. The summed E-state index contributed by atoms with van der Waals surface area (Å²) in [5, 5.41) is 4.49. The fourth-order valence-corrected chi connectivity index (χ4v) is 5.69. The summed E-state index contributed by atoms with van der Waals surface area (Å²) < 4.78 is 24.7. The van der Waals surface area contributed by atoms with Crippen LogP contribution in [-0.2, 0) is 10.2 Å². The highest BCUT2D eigenvalue weighted by molar-refractivity contribution is 8.01. The molecular weight excluding hydrogens is 489 g/mol. The monoisotopic (exact) mass is 523 g/mol. The van der Waals surface area contributed by atoms with Crippen molar-refractivity contribution in [2.75, 3.05) is 29.8 Å². The molecule has 1 fully saturated rings. The van der Waals surface area contributed by atoms with Crippen LogP contribution in [0.15, 0.2) is 30.6 Å². The van der Waals surface area contributed by atoms with E-state index in [-0.39, 0.29) is 11.7 Å². The van der Waals surface area contributed by atoms with E-state index < -0.39 is 5.41 Å². The lowest BCUT2D eigenvalue weighted by molar-refractivity contribution is -0.125. The summed E-state index contributed by atoms with van der Waals surface area (Å²) in [7, 11) is 1.80. The number of nitrogens with one attached hydrogen (secondary N) is 2. The summed E-state index contributed by atoms with van der Waals surface area (Å²) in [4.78, 5) is 23.9. The molecule has 1 aliphatic carbocycles. The minimum Gasteiger partial charge on any atom is -0.475 e. The number of carbonyl (C=O) groups is 1. The zero-order valence-electron chi connectivity index (χ0n) is 22.0. The van der Waals surface area contributed by atoms with Crippen molar-refractivity contribution in [1.82, 2.24) is 15.3 Å². The normalized spacial score (nSPS) is 16.1. The maximum absolute atomic E-state index is 15.5. The van der Waals surface area contributed by atoms with Crippen molar-refractivity contribution in [3.63, 3.8) is 0 Å². The average molecular weight is 524 g/mol. The molecule has 2 aromatic heterocycles. The van der Waals surface area contributed by atoms with Crippen molar-refractivity contribution in [2.24, 2.45) is 0 Å². The Morgan fingerprint density at radius 3 is 2.62 bits per heavy atom. The van der Waals surface area contributed by atoms with Gasteiger partial charge < -0.3 is 19.7 Å². The molecule has 2 N–H and O–H groups in total. The van der Waals surface area contributed by atoms with Gasteiger partial charge in [0.25, 0.3) is 0 Å². The minimum atomic E-state index is -0.513. The number of fused-ring (bicyclic) bond motifs is 4. The van der Waals surface area contributed by atoms with E-state index in [4.69, 9.17) is 4.74 Å². The molecule has 7 nitrogen and oxygen atoms in total. The van der Waals surface area contributed by atoms with Gasteiger partial charge in [-0.05, 0) is 36.9 Å². The van der Waals surface area contributed by atoms with E-state index in [1.54, 1.807) is 36.3 Å². The zero-order chi connectivity index (χ0) is 26.3. The van der Waals surface area contributed by atoms with Gasteiger partial charge in [0.2, 0.25) is 11.8 Å². The van der Waals surface area contributed by atoms with Crippen LogP contribution in [0.1, 0.15) is 52.5 Å². The van der Waals surface area contributed by atoms with Gasteiger partial charge in [-0.1, -0.05) is 34.1 Å².